The number of unbranched alkanes of at least 4 members (excludes halogenated alkanes) is 4. The second-order valence-corrected chi connectivity index (χ2v) is 8.46. The third kappa shape index (κ3) is 26.8. The molecule has 164 valence electrons. The van der Waals surface area contributed by atoms with E-state index in [1.165, 1.54) is 0 Å². The maximum absolute atomic E-state index is 11.0. The Kier molecular flexibility index (Phi) is 25.8. The van der Waals surface area contributed by atoms with Crippen molar-refractivity contribution in [3.05, 3.63) is 0 Å². The molecule has 0 heterocycles. The molecule has 0 bridgehead atoms. The van der Waals surface area contributed by atoms with Crippen LogP contribution in [-0.4, -0.2) is 26.4 Å². The second kappa shape index (κ2) is 21.5. The molecule has 0 atom stereocenters. The summed E-state index contributed by atoms with van der Waals surface area (Å²) in [6.07, 6.45) is 6.60. The number of hydrogen-bond donors (Lipinski definition) is 0. The Morgan fingerprint density at radius 1 is 0.556 bits per heavy atom. The van der Waals surface area contributed by atoms with Gasteiger partial charge in [0.2, 0.25) is 0 Å². The fourth-order valence-electron chi connectivity index (χ4n) is 1.36. The molecule has 8 nitrogen and oxygen atoms in total. The van der Waals surface area contributed by atoms with Crippen molar-refractivity contribution in [2.24, 2.45) is 0 Å². The third-order valence-electron chi connectivity index (χ3n) is 2.99. The average molecular weight is 470 g/mol. The number of phosphoric acid groups is 2. The molecule has 0 aromatic rings. The van der Waals surface area contributed by atoms with Crippen LogP contribution in [0.2, 0.25) is 0 Å². The molecule has 0 aromatic heterocycles. The fraction of sp³-hybridized carbons (Fsp3) is 1.00. The Hall–Kier alpha value is 0.752. The predicted octanol–water partition coefficient (Wildman–Crippen LogP) is 4.17. The molecule has 27 heavy (non-hydrogen) atoms. The molecule has 0 fully saturated rings. The molecule has 0 rings (SSSR count). The SMILES string of the molecule is CCCCOP(=O)([O-])OCCCC.CCCCOP(=O)([O-])OCCCC.[Cr+2]. The number of rotatable bonds is 16. The summed E-state index contributed by atoms with van der Waals surface area (Å²) in [7, 11) is -8.00. The van der Waals surface area contributed by atoms with Gasteiger partial charge >= 0.3 is 17.4 Å². The fourth-order valence-corrected chi connectivity index (χ4v) is 2.92. The molecule has 0 aliphatic heterocycles. The van der Waals surface area contributed by atoms with Crippen molar-refractivity contribution >= 4 is 15.6 Å². The molecular formula is C16H36CrO8P2. The minimum atomic E-state index is -4.00. The van der Waals surface area contributed by atoms with Gasteiger partial charge in [-0.05, 0) is 25.7 Å². The summed E-state index contributed by atoms with van der Waals surface area (Å²) in [6.45, 7) is 8.78. The zero-order valence-electron chi connectivity index (χ0n) is 17.1. The Balaban J connectivity index is -0.000000411. The molecule has 0 saturated carbocycles. The van der Waals surface area contributed by atoms with Gasteiger partial charge in [-0.2, -0.15) is 0 Å². The third-order valence-corrected chi connectivity index (χ3v) is 4.98. The first-order valence-electron chi connectivity index (χ1n) is 9.44. The molecule has 0 radical (unpaired) electrons. The van der Waals surface area contributed by atoms with E-state index in [0.29, 0.717) is 0 Å². The molecule has 0 unspecified atom stereocenters. The van der Waals surface area contributed by atoms with E-state index in [0.717, 1.165) is 51.4 Å². The van der Waals surface area contributed by atoms with Crippen molar-refractivity contribution < 1.29 is 54.4 Å². The van der Waals surface area contributed by atoms with Gasteiger partial charge in [0.05, 0.1) is 26.4 Å². The van der Waals surface area contributed by atoms with Crippen LogP contribution in [0.3, 0.4) is 0 Å². The standard InChI is InChI=1S/2C8H19O4P.Cr/c2*1-3-5-7-11-13(9,10)12-8-6-4-2;/h2*3-8H2,1-2H3,(H,9,10);/q;;+2/p-2. The summed E-state index contributed by atoms with van der Waals surface area (Å²) in [5, 5.41) is 0. The molecule has 0 aliphatic rings. The van der Waals surface area contributed by atoms with Crippen molar-refractivity contribution in [1.29, 1.82) is 0 Å². The normalized spacial score (nSPS) is 11.5. The van der Waals surface area contributed by atoms with E-state index in [1.54, 1.807) is 0 Å². The van der Waals surface area contributed by atoms with Crippen LogP contribution in [0.15, 0.2) is 0 Å². The molecule has 0 amide bonds. The van der Waals surface area contributed by atoms with Crippen LogP contribution in [0, 0.1) is 0 Å². The van der Waals surface area contributed by atoms with E-state index < -0.39 is 15.6 Å². The van der Waals surface area contributed by atoms with Crippen LogP contribution in [0.5, 0.6) is 0 Å². The Morgan fingerprint density at radius 3 is 0.889 bits per heavy atom. The van der Waals surface area contributed by atoms with E-state index in [9.17, 15) is 18.9 Å². The van der Waals surface area contributed by atoms with Gasteiger partial charge in [-0.1, -0.05) is 53.4 Å². The van der Waals surface area contributed by atoms with Crippen LogP contribution in [0.25, 0.3) is 0 Å². The predicted molar refractivity (Wildman–Crippen MR) is 98.7 cm³/mol. The van der Waals surface area contributed by atoms with E-state index in [4.69, 9.17) is 0 Å². The summed E-state index contributed by atoms with van der Waals surface area (Å²) >= 11 is 0. The first kappa shape index (κ1) is 32.4. The van der Waals surface area contributed by atoms with Crippen LogP contribution in [0.1, 0.15) is 79.1 Å². The second-order valence-electron chi connectivity index (χ2n) is 5.64. The summed E-state index contributed by atoms with van der Waals surface area (Å²) in [6, 6.07) is 0. The van der Waals surface area contributed by atoms with Crippen molar-refractivity contribution in [3.8, 4) is 0 Å². The van der Waals surface area contributed by atoms with E-state index >= 15 is 0 Å². The first-order chi connectivity index (χ1) is 12.2. The first-order valence-corrected chi connectivity index (χ1v) is 12.4. The van der Waals surface area contributed by atoms with Crippen molar-refractivity contribution in [2.75, 3.05) is 26.4 Å². The van der Waals surface area contributed by atoms with Gasteiger partial charge in [0.1, 0.15) is 0 Å². The van der Waals surface area contributed by atoms with E-state index in [-0.39, 0.29) is 43.8 Å². The monoisotopic (exact) mass is 470 g/mol. The molecule has 0 N–H and O–H groups in total. The maximum Gasteiger partial charge on any atom is 2.00 e. The van der Waals surface area contributed by atoms with Gasteiger partial charge in [-0.3, -0.25) is 9.13 Å². The smallest absolute Gasteiger partial charge is 0.756 e. The molecule has 0 saturated heterocycles. The van der Waals surface area contributed by atoms with Gasteiger partial charge in [-0.15, -0.1) is 0 Å². The molecular weight excluding hydrogens is 434 g/mol. The molecule has 11 heteroatoms. The van der Waals surface area contributed by atoms with Gasteiger partial charge in [0.15, 0.2) is 0 Å². The average Bonchev–Trinajstić information content (AvgIpc) is 2.56. The Labute approximate surface area is 175 Å². The summed E-state index contributed by atoms with van der Waals surface area (Å²) in [5.41, 5.74) is 0. The summed E-state index contributed by atoms with van der Waals surface area (Å²) in [5.74, 6) is 0. The Morgan fingerprint density at radius 2 is 0.741 bits per heavy atom. The minimum Gasteiger partial charge on any atom is -0.756 e. The van der Waals surface area contributed by atoms with Crippen LogP contribution in [-0.2, 0) is 44.6 Å². The van der Waals surface area contributed by atoms with Gasteiger partial charge in [-0.25, -0.2) is 0 Å². The van der Waals surface area contributed by atoms with Crippen LogP contribution >= 0.6 is 15.6 Å². The largest absolute Gasteiger partial charge is 2.00 e. The van der Waals surface area contributed by atoms with Gasteiger partial charge < -0.3 is 27.9 Å². The van der Waals surface area contributed by atoms with Crippen molar-refractivity contribution in [2.45, 2.75) is 79.1 Å². The molecule has 0 aromatic carbocycles. The summed E-state index contributed by atoms with van der Waals surface area (Å²) < 4.78 is 40.3. The van der Waals surface area contributed by atoms with E-state index in [2.05, 4.69) is 18.1 Å². The minimum absolute atomic E-state index is 0. The van der Waals surface area contributed by atoms with Crippen molar-refractivity contribution in [3.63, 3.8) is 0 Å². The van der Waals surface area contributed by atoms with Gasteiger partial charge in [0, 0.05) is 0 Å². The molecule has 0 aliphatic carbocycles. The molecule has 0 spiro atoms. The summed E-state index contributed by atoms with van der Waals surface area (Å²) in [4.78, 5) is 21.9. The Bertz CT molecular complexity index is 335. The maximum atomic E-state index is 11.0. The van der Waals surface area contributed by atoms with Crippen molar-refractivity contribution in [1.82, 2.24) is 0 Å². The van der Waals surface area contributed by atoms with E-state index in [1.807, 2.05) is 27.7 Å². The quantitative estimate of drug-likeness (QED) is 0.244. The number of hydrogen-bond acceptors (Lipinski definition) is 8. The van der Waals surface area contributed by atoms with Crippen LogP contribution in [0.4, 0.5) is 0 Å². The zero-order valence-corrected chi connectivity index (χ0v) is 20.1. The topological polar surface area (TPSA) is 117 Å². The number of phosphoric ester groups is 2. The van der Waals surface area contributed by atoms with Crippen LogP contribution < -0.4 is 9.79 Å². The zero-order chi connectivity index (χ0) is 20.3. The van der Waals surface area contributed by atoms with Gasteiger partial charge in [0.25, 0.3) is 15.6 Å².